The van der Waals surface area contributed by atoms with Gasteiger partial charge in [0.1, 0.15) is 0 Å². The Morgan fingerprint density at radius 3 is 2.44 bits per heavy atom. The molecule has 0 aromatic rings. The van der Waals surface area contributed by atoms with Crippen molar-refractivity contribution in [3.8, 4) is 6.07 Å². The van der Waals surface area contributed by atoms with Crippen molar-refractivity contribution in [1.29, 1.82) is 5.26 Å². The molecule has 2 heterocycles. The smallest absolute Gasteiger partial charge is 0.0638 e. The van der Waals surface area contributed by atoms with Gasteiger partial charge in [0.15, 0.2) is 0 Å². The Kier molecular flexibility index (Phi) is 4.16. The van der Waals surface area contributed by atoms with Crippen molar-refractivity contribution in [3.63, 3.8) is 0 Å². The summed E-state index contributed by atoms with van der Waals surface area (Å²) in [5.74, 6) is 0. The first-order chi connectivity index (χ1) is 7.85. The van der Waals surface area contributed by atoms with E-state index in [2.05, 4.69) is 28.1 Å². The van der Waals surface area contributed by atoms with Gasteiger partial charge in [-0.1, -0.05) is 6.92 Å². The molecule has 0 aromatic carbocycles. The molecule has 2 fully saturated rings. The standard InChI is InChI=1S/C12H22N4/c1-2-11(3-4-13)15-5-7-16(8-6-15)12-9-14-10-12/h11-12,14H,2-3,5-10H2,1H3. The zero-order valence-electron chi connectivity index (χ0n) is 10.2. The van der Waals surface area contributed by atoms with Crippen molar-refractivity contribution in [2.45, 2.75) is 31.8 Å². The second-order valence-electron chi connectivity index (χ2n) is 4.81. The highest BCUT2D eigenvalue weighted by molar-refractivity contribution is 4.90. The van der Waals surface area contributed by atoms with E-state index >= 15 is 0 Å². The fraction of sp³-hybridized carbons (Fsp3) is 0.917. The summed E-state index contributed by atoms with van der Waals surface area (Å²) in [7, 11) is 0. The largest absolute Gasteiger partial charge is 0.314 e. The lowest BCUT2D eigenvalue weighted by Crippen LogP contribution is -2.62. The van der Waals surface area contributed by atoms with E-state index in [9.17, 15) is 0 Å². The highest BCUT2D eigenvalue weighted by Gasteiger charge is 2.29. The number of nitrogens with zero attached hydrogens (tertiary/aromatic N) is 3. The molecular formula is C12H22N4. The molecule has 4 heteroatoms. The van der Waals surface area contributed by atoms with Crippen molar-refractivity contribution >= 4 is 0 Å². The van der Waals surface area contributed by atoms with Crippen LogP contribution in [-0.4, -0.2) is 61.2 Å². The molecule has 0 spiro atoms. The summed E-state index contributed by atoms with van der Waals surface area (Å²) in [5.41, 5.74) is 0. The Balaban J connectivity index is 1.77. The fourth-order valence-electron chi connectivity index (χ4n) is 2.64. The fourth-order valence-corrected chi connectivity index (χ4v) is 2.64. The van der Waals surface area contributed by atoms with Crippen LogP contribution in [-0.2, 0) is 0 Å². The SMILES string of the molecule is CCC(CC#N)N1CCN(C2CNC2)CC1. The van der Waals surface area contributed by atoms with Crippen molar-refractivity contribution in [2.24, 2.45) is 0 Å². The first kappa shape index (κ1) is 11.8. The molecule has 1 unspecified atom stereocenters. The van der Waals surface area contributed by atoms with Gasteiger partial charge in [-0.2, -0.15) is 5.26 Å². The summed E-state index contributed by atoms with van der Waals surface area (Å²) in [6.45, 7) is 9.13. The lowest BCUT2D eigenvalue weighted by molar-refractivity contribution is 0.0515. The third-order valence-electron chi connectivity index (χ3n) is 3.94. The average molecular weight is 222 g/mol. The topological polar surface area (TPSA) is 42.3 Å². The molecule has 2 saturated heterocycles. The second-order valence-corrected chi connectivity index (χ2v) is 4.81. The van der Waals surface area contributed by atoms with E-state index in [1.807, 2.05) is 0 Å². The number of hydrogen-bond acceptors (Lipinski definition) is 4. The molecule has 2 rings (SSSR count). The van der Waals surface area contributed by atoms with Crippen molar-refractivity contribution in [1.82, 2.24) is 15.1 Å². The Labute approximate surface area is 98.2 Å². The summed E-state index contributed by atoms with van der Waals surface area (Å²) < 4.78 is 0. The van der Waals surface area contributed by atoms with Crippen LogP contribution < -0.4 is 5.32 Å². The summed E-state index contributed by atoms with van der Waals surface area (Å²) >= 11 is 0. The van der Waals surface area contributed by atoms with E-state index in [-0.39, 0.29) is 0 Å². The lowest BCUT2D eigenvalue weighted by Gasteiger charge is -2.44. The molecule has 0 aromatic heterocycles. The van der Waals surface area contributed by atoms with Crippen molar-refractivity contribution < 1.29 is 0 Å². The van der Waals surface area contributed by atoms with Gasteiger partial charge in [-0.15, -0.1) is 0 Å². The first-order valence-corrected chi connectivity index (χ1v) is 6.41. The van der Waals surface area contributed by atoms with Gasteiger partial charge < -0.3 is 5.32 Å². The highest BCUT2D eigenvalue weighted by atomic mass is 15.3. The number of nitriles is 1. The van der Waals surface area contributed by atoms with E-state index in [0.717, 1.165) is 38.6 Å². The summed E-state index contributed by atoms with van der Waals surface area (Å²) in [6, 6.07) is 3.56. The predicted octanol–water partition coefficient (Wildman–Crippen LogP) is 0.268. The Bertz CT molecular complexity index is 248. The zero-order valence-corrected chi connectivity index (χ0v) is 10.2. The third kappa shape index (κ3) is 2.54. The zero-order chi connectivity index (χ0) is 11.4. The molecule has 2 aliphatic rings. The van der Waals surface area contributed by atoms with Crippen molar-refractivity contribution in [2.75, 3.05) is 39.3 Å². The summed E-state index contributed by atoms with van der Waals surface area (Å²) in [4.78, 5) is 5.08. The van der Waals surface area contributed by atoms with Crippen LogP contribution >= 0.6 is 0 Å². The molecule has 90 valence electrons. The van der Waals surface area contributed by atoms with E-state index in [4.69, 9.17) is 5.26 Å². The molecule has 0 saturated carbocycles. The number of hydrogen-bond donors (Lipinski definition) is 1. The number of piperazine rings is 1. The molecule has 2 aliphatic heterocycles. The molecule has 16 heavy (non-hydrogen) atoms. The van der Waals surface area contributed by atoms with Gasteiger partial charge in [0.05, 0.1) is 12.5 Å². The maximum absolute atomic E-state index is 8.79. The normalized spacial score (nSPS) is 26.0. The van der Waals surface area contributed by atoms with Crippen LogP contribution in [0.1, 0.15) is 19.8 Å². The van der Waals surface area contributed by atoms with Gasteiger partial charge in [0.25, 0.3) is 0 Å². The van der Waals surface area contributed by atoms with E-state index in [1.54, 1.807) is 0 Å². The van der Waals surface area contributed by atoms with Crippen LogP contribution in [0, 0.1) is 11.3 Å². The molecule has 0 radical (unpaired) electrons. The maximum Gasteiger partial charge on any atom is 0.0638 e. The minimum Gasteiger partial charge on any atom is -0.314 e. The van der Waals surface area contributed by atoms with Crippen LogP contribution in [0.2, 0.25) is 0 Å². The predicted molar refractivity (Wildman–Crippen MR) is 64.1 cm³/mol. The Morgan fingerprint density at radius 1 is 1.31 bits per heavy atom. The Morgan fingerprint density at radius 2 is 2.00 bits per heavy atom. The molecule has 4 nitrogen and oxygen atoms in total. The van der Waals surface area contributed by atoms with Gasteiger partial charge in [-0.25, -0.2) is 0 Å². The monoisotopic (exact) mass is 222 g/mol. The number of nitrogens with one attached hydrogen (secondary N) is 1. The van der Waals surface area contributed by atoms with Gasteiger partial charge in [-0.3, -0.25) is 9.80 Å². The van der Waals surface area contributed by atoms with E-state index < -0.39 is 0 Å². The van der Waals surface area contributed by atoms with Crippen LogP contribution in [0.25, 0.3) is 0 Å². The van der Waals surface area contributed by atoms with E-state index in [1.165, 1.54) is 13.1 Å². The lowest BCUT2D eigenvalue weighted by atomic mass is 10.1. The molecule has 0 amide bonds. The van der Waals surface area contributed by atoms with Crippen LogP contribution in [0.5, 0.6) is 0 Å². The summed E-state index contributed by atoms with van der Waals surface area (Å²) in [6.07, 6.45) is 1.78. The minimum absolute atomic E-state index is 0.478. The third-order valence-corrected chi connectivity index (χ3v) is 3.94. The van der Waals surface area contributed by atoms with Gasteiger partial charge in [0.2, 0.25) is 0 Å². The average Bonchev–Trinajstić information content (AvgIpc) is 2.25. The molecule has 0 aliphatic carbocycles. The molecular weight excluding hydrogens is 200 g/mol. The van der Waals surface area contributed by atoms with Crippen LogP contribution in [0.4, 0.5) is 0 Å². The summed E-state index contributed by atoms with van der Waals surface area (Å²) in [5, 5.41) is 12.1. The van der Waals surface area contributed by atoms with Crippen molar-refractivity contribution in [3.05, 3.63) is 0 Å². The highest BCUT2D eigenvalue weighted by Crippen LogP contribution is 2.14. The van der Waals surface area contributed by atoms with Gasteiger partial charge >= 0.3 is 0 Å². The quantitative estimate of drug-likeness (QED) is 0.741. The van der Waals surface area contributed by atoms with Crippen LogP contribution in [0.15, 0.2) is 0 Å². The van der Waals surface area contributed by atoms with Gasteiger partial charge in [-0.05, 0) is 6.42 Å². The minimum atomic E-state index is 0.478. The molecule has 1 atom stereocenters. The first-order valence-electron chi connectivity index (χ1n) is 6.41. The van der Waals surface area contributed by atoms with Gasteiger partial charge in [0, 0.05) is 51.4 Å². The van der Waals surface area contributed by atoms with Crippen LogP contribution in [0.3, 0.4) is 0 Å². The molecule has 0 bridgehead atoms. The molecule has 1 N–H and O–H groups in total. The Hall–Kier alpha value is -0.630. The number of rotatable bonds is 4. The second kappa shape index (κ2) is 5.62. The maximum atomic E-state index is 8.79. The van der Waals surface area contributed by atoms with E-state index in [0.29, 0.717) is 12.5 Å².